The van der Waals surface area contributed by atoms with E-state index >= 15 is 0 Å². The van der Waals surface area contributed by atoms with Gasteiger partial charge >= 0.3 is 0 Å². The second-order valence-electron chi connectivity index (χ2n) is 4.26. The van der Waals surface area contributed by atoms with Gasteiger partial charge in [0, 0.05) is 12.2 Å². The summed E-state index contributed by atoms with van der Waals surface area (Å²) in [5.74, 6) is 1.01. The molecule has 0 aliphatic heterocycles. The first-order valence-electron chi connectivity index (χ1n) is 5.65. The summed E-state index contributed by atoms with van der Waals surface area (Å²) >= 11 is 0. The molecule has 1 unspecified atom stereocenters. The van der Waals surface area contributed by atoms with Crippen molar-refractivity contribution in [3.63, 3.8) is 0 Å². The number of hydrogen-bond donors (Lipinski definition) is 2. The number of aromatic nitrogens is 2. The Balaban J connectivity index is 2.25. The SMILES string of the molecule is Cc1nc2c(n1CC(O)CN)CCCC2. The van der Waals surface area contributed by atoms with Gasteiger partial charge in [-0.2, -0.15) is 0 Å². The Morgan fingerprint density at radius 3 is 2.93 bits per heavy atom. The van der Waals surface area contributed by atoms with Crippen LogP contribution in [0.4, 0.5) is 0 Å². The second kappa shape index (κ2) is 4.33. The number of nitrogens with two attached hydrogens (primary N) is 1. The molecule has 2 rings (SSSR count). The summed E-state index contributed by atoms with van der Waals surface area (Å²) in [6, 6.07) is 0. The molecule has 1 aromatic rings. The minimum atomic E-state index is -0.455. The van der Waals surface area contributed by atoms with Crippen LogP contribution in [0.3, 0.4) is 0 Å². The van der Waals surface area contributed by atoms with E-state index in [0.29, 0.717) is 13.1 Å². The smallest absolute Gasteiger partial charge is 0.106 e. The summed E-state index contributed by atoms with van der Waals surface area (Å²) in [4.78, 5) is 4.55. The van der Waals surface area contributed by atoms with Crippen LogP contribution in [0, 0.1) is 6.92 Å². The van der Waals surface area contributed by atoms with Crippen molar-refractivity contribution in [3.8, 4) is 0 Å². The zero-order valence-corrected chi connectivity index (χ0v) is 9.24. The molecule has 0 saturated heterocycles. The molecule has 4 heteroatoms. The Morgan fingerprint density at radius 2 is 2.20 bits per heavy atom. The van der Waals surface area contributed by atoms with Crippen molar-refractivity contribution >= 4 is 0 Å². The molecule has 3 N–H and O–H groups in total. The molecule has 1 aliphatic carbocycles. The number of imidazole rings is 1. The van der Waals surface area contributed by atoms with Crippen molar-refractivity contribution < 1.29 is 5.11 Å². The first kappa shape index (κ1) is 10.6. The average molecular weight is 209 g/mol. The molecule has 4 nitrogen and oxygen atoms in total. The molecule has 1 atom stereocenters. The maximum atomic E-state index is 9.58. The Kier molecular flexibility index (Phi) is 3.07. The van der Waals surface area contributed by atoms with Gasteiger partial charge in [-0.1, -0.05) is 0 Å². The highest BCUT2D eigenvalue weighted by atomic mass is 16.3. The van der Waals surface area contributed by atoms with Gasteiger partial charge in [0.15, 0.2) is 0 Å². The van der Waals surface area contributed by atoms with Crippen LogP contribution in [0.5, 0.6) is 0 Å². The quantitative estimate of drug-likeness (QED) is 0.757. The van der Waals surface area contributed by atoms with Crippen molar-refractivity contribution in [2.45, 2.75) is 45.3 Å². The minimum Gasteiger partial charge on any atom is -0.390 e. The van der Waals surface area contributed by atoms with E-state index in [0.717, 1.165) is 18.7 Å². The molecule has 1 aromatic heterocycles. The predicted molar refractivity (Wildman–Crippen MR) is 58.7 cm³/mol. The highest BCUT2D eigenvalue weighted by molar-refractivity contribution is 5.20. The lowest BCUT2D eigenvalue weighted by atomic mass is 10.0. The van der Waals surface area contributed by atoms with Gasteiger partial charge in [-0.15, -0.1) is 0 Å². The van der Waals surface area contributed by atoms with Crippen LogP contribution in [0.1, 0.15) is 30.1 Å². The zero-order valence-electron chi connectivity index (χ0n) is 9.24. The minimum absolute atomic E-state index is 0.312. The van der Waals surface area contributed by atoms with Crippen LogP contribution in [0.25, 0.3) is 0 Å². The summed E-state index contributed by atoms with van der Waals surface area (Å²) in [6.45, 7) is 2.90. The number of aliphatic hydroxyl groups excluding tert-OH is 1. The molecule has 0 spiro atoms. The van der Waals surface area contributed by atoms with Crippen molar-refractivity contribution in [1.82, 2.24) is 9.55 Å². The van der Waals surface area contributed by atoms with Crippen LogP contribution in [0.15, 0.2) is 0 Å². The normalized spacial score (nSPS) is 17.5. The number of aliphatic hydroxyl groups is 1. The number of rotatable bonds is 3. The van der Waals surface area contributed by atoms with E-state index in [1.54, 1.807) is 0 Å². The molecule has 0 fully saturated rings. The van der Waals surface area contributed by atoms with Gasteiger partial charge in [0.1, 0.15) is 5.82 Å². The zero-order chi connectivity index (χ0) is 10.8. The average Bonchev–Trinajstić information content (AvgIpc) is 2.55. The number of nitrogens with zero attached hydrogens (tertiary/aromatic N) is 2. The Labute approximate surface area is 90.1 Å². The maximum Gasteiger partial charge on any atom is 0.106 e. The van der Waals surface area contributed by atoms with Gasteiger partial charge in [-0.3, -0.25) is 0 Å². The number of aryl methyl sites for hydroxylation is 2. The van der Waals surface area contributed by atoms with Gasteiger partial charge in [0.05, 0.1) is 18.3 Å². The molecular weight excluding hydrogens is 190 g/mol. The summed E-state index contributed by atoms with van der Waals surface area (Å²) in [7, 11) is 0. The van der Waals surface area contributed by atoms with Crippen molar-refractivity contribution in [3.05, 3.63) is 17.2 Å². The summed E-state index contributed by atoms with van der Waals surface area (Å²) in [6.07, 6.45) is 4.19. The third-order valence-corrected chi connectivity index (χ3v) is 3.09. The van der Waals surface area contributed by atoms with E-state index in [1.165, 1.54) is 24.2 Å². The lowest BCUT2D eigenvalue weighted by Crippen LogP contribution is -2.26. The van der Waals surface area contributed by atoms with Crippen LogP contribution < -0.4 is 5.73 Å². The Hall–Kier alpha value is -0.870. The van der Waals surface area contributed by atoms with E-state index in [-0.39, 0.29) is 0 Å². The molecule has 1 heterocycles. The van der Waals surface area contributed by atoms with Crippen molar-refractivity contribution in [2.75, 3.05) is 6.54 Å². The standard InChI is InChI=1S/C11H19N3O/c1-8-13-10-4-2-3-5-11(10)14(8)7-9(15)6-12/h9,15H,2-7,12H2,1H3. The summed E-state index contributed by atoms with van der Waals surface area (Å²) in [5.41, 5.74) is 7.97. The van der Waals surface area contributed by atoms with E-state index in [4.69, 9.17) is 5.73 Å². The third kappa shape index (κ3) is 2.06. The number of fused-ring (bicyclic) bond motifs is 1. The van der Waals surface area contributed by atoms with E-state index < -0.39 is 6.10 Å². The lowest BCUT2D eigenvalue weighted by Gasteiger charge is -2.16. The van der Waals surface area contributed by atoms with E-state index in [1.807, 2.05) is 6.92 Å². The van der Waals surface area contributed by atoms with Crippen LogP contribution in [0.2, 0.25) is 0 Å². The first-order valence-corrected chi connectivity index (χ1v) is 5.65. The summed E-state index contributed by atoms with van der Waals surface area (Å²) in [5, 5.41) is 9.58. The van der Waals surface area contributed by atoms with Crippen LogP contribution >= 0.6 is 0 Å². The van der Waals surface area contributed by atoms with E-state index in [9.17, 15) is 5.11 Å². The molecule has 0 saturated carbocycles. The highest BCUT2D eigenvalue weighted by Crippen LogP contribution is 2.22. The van der Waals surface area contributed by atoms with Crippen molar-refractivity contribution in [1.29, 1.82) is 0 Å². The fourth-order valence-corrected chi connectivity index (χ4v) is 2.26. The molecular formula is C11H19N3O. The maximum absolute atomic E-state index is 9.58. The van der Waals surface area contributed by atoms with Gasteiger partial charge < -0.3 is 15.4 Å². The summed E-state index contributed by atoms with van der Waals surface area (Å²) < 4.78 is 2.13. The topological polar surface area (TPSA) is 64.1 Å². The van der Waals surface area contributed by atoms with Crippen LogP contribution in [-0.4, -0.2) is 27.3 Å². The molecule has 1 aliphatic rings. The molecule has 0 bridgehead atoms. The molecule has 0 amide bonds. The Morgan fingerprint density at radius 1 is 1.47 bits per heavy atom. The largest absolute Gasteiger partial charge is 0.390 e. The first-order chi connectivity index (χ1) is 7.22. The van der Waals surface area contributed by atoms with Gasteiger partial charge in [-0.05, 0) is 32.6 Å². The van der Waals surface area contributed by atoms with Gasteiger partial charge in [-0.25, -0.2) is 4.98 Å². The fourth-order valence-electron chi connectivity index (χ4n) is 2.26. The monoisotopic (exact) mass is 209 g/mol. The second-order valence-corrected chi connectivity index (χ2v) is 4.26. The van der Waals surface area contributed by atoms with Gasteiger partial charge in [0.2, 0.25) is 0 Å². The fraction of sp³-hybridized carbons (Fsp3) is 0.727. The van der Waals surface area contributed by atoms with Crippen molar-refractivity contribution in [2.24, 2.45) is 5.73 Å². The molecule has 84 valence electrons. The van der Waals surface area contributed by atoms with Crippen LogP contribution in [-0.2, 0) is 19.4 Å². The number of hydrogen-bond acceptors (Lipinski definition) is 3. The molecule has 0 aromatic carbocycles. The van der Waals surface area contributed by atoms with E-state index in [2.05, 4.69) is 9.55 Å². The molecule has 0 radical (unpaired) electrons. The third-order valence-electron chi connectivity index (χ3n) is 3.09. The molecule has 15 heavy (non-hydrogen) atoms. The Bertz CT molecular complexity index is 346. The lowest BCUT2D eigenvalue weighted by molar-refractivity contribution is 0.160. The van der Waals surface area contributed by atoms with Gasteiger partial charge in [0.25, 0.3) is 0 Å². The highest BCUT2D eigenvalue weighted by Gasteiger charge is 2.18. The predicted octanol–water partition coefficient (Wildman–Crippen LogP) is 0.390.